The van der Waals surface area contributed by atoms with Crippen LogP contribution in [0.3, 0.4) is 0 Å². The van der Waals surface area contributed by atoms with E-state index in [-0.39, 0.29) is 5.91 Å². The number of hydrogen-bond acceptors (Lipinski definition) is 5. The molecule has 0 fully saturated rings. The maximum absolute atomic E-state index is 12.5. The molecular formula is C26H25ClN2O4. The van der Waals surface area contributed by atoms with Gasteiger partial charge in [-0.15, -0.1) is 0 Å². The molecule has 0 saturated heterocycles. The summed E-state index contributed by atoms with van der Waals surface area (Å²) in [4.78, 5) is 12.5. The third-order valence-corrected chi connectivity index (χ3v) is 4.84. The average Bonchev–Trinajstić information content (AvgIpc) is 2.83. The zero-order valence-corrected chi connectivity index (χ0v) is 19.0. The van der Waals surface area contributed by atoms with E-state index in [4.69, 9.17) is 25.8 Å². The lowest BCUT2D eigenvalue weighted by atomic mass is 10.2. The van der Waals surface area contributed by atoms with Crippen LogP contribution in [0.15, 0.2) is 84.5 Å². The minimum atomic E-state index is -0.359. The van der Waals surface area contributed by atoms with Gasteiger partial charge in [0.05, 0.1) is 12.8 Å². The van der Waals surface area contributed by atoms with Gasteiger partial charge in [0.15, 0.2) is 11.5 Å². The molecule has 0 aliphatic heterocycles. The molecule has 170 valence electrons. The van der Waals surface area contributed by atoms with E-state index in [2.05, 4.69) is 17.1 Å². The van der Waals surface area contributed by atoms with Crippen molar-refractivity contribution in [3.05, 3.63) is 101 Å². The van der Waals surface area contributed by atoms with Crippen LogP contribution in [0.1, 0.15) is 28.4 Å². The van der Waals surface area contributed by atoms with Crippen LogP contribution < -0.4 is 19.6 Å². The molecule has 0 heterocycles. The Morgan fingerprint density at radius 1 is 1.03 bits per heavy atom. The zero-order valence-electron chi connectivity index (χ0n) is 18.3. The number of rotatable bonds is 11. The third-order valence-electron chi connectivity index (χ3n) is 4.47. The number of ether oxygens (including phenoxy) is 3. The highest BCUT2D eigenvalue weighted by Crippen LogP contribution is 2.28. The average molecular weight is 465 g/mol. The van der Waals surface area contributed by atoms with Gasteiger partial charge in [0.25, 0.3) is 5.91 Å². The summed E-state index contributed by atoms with van der Waals surface area (Å²) in [5.74, 6) is 1.39. The first-order chi connectivity index (χ1) is 16.1. The van der Waals surface area contributed by atoms with Crippen molar-refractivity contribution >= 4 is 23.7 Å². The summed E-state index contributed by atoms with van der Waals surface area (Å²) in [5.41, 5.74) is 4.65. The summed E-state index contributed by atoms with van der Waals surface area (Å²) in [6.45, 7) is 6.67. The highest BCUT2D eigenvalue weighted by molar-refractivity contribution is 6.31. The molecule has 3 rings (SSSR count). The van der Waals surface area contributed by atoms with E-state index in [0.717, 1.165) is 11.1 Å². The first-order valence-electron chi connectivity index (χ1n) is 10.4. The van der Waals surface area contributed by atoms with Gasteiger partial charge in [-0.1, -0.05) is 42.5 Å². The van der Waals surface area contributed by atoms with E-state index in [1.807, 2.05) is 55.5 Å². The fourth-order valence-electron chi connectivity index (χ4n) is 2.84. The van der Waals surface area contributed by atoms with Gasteiger partial charge < -0.3 is 14.2 Å². The van der Waals surface area contributed by atoms with Gasteiger partial charge in [-0.05, 0) is 61.0 Å². The minimum absolute atomic E-state index is 0.347. The van der Waals surface area contributed by atoms with Crippen molar-refractivity contribution < 1.29 is 19.0 Å². The van der Waals surface area contributed by atoms with Crippen LogP contribution in [-0.4, -0.2) is 25.3 Å². The van der Waals surface area contributed by atoms with Crippen LogP contribution in [0.25, 0.3) is 0 Å². The fourth-order valence-corrected chi connectivity index (χ4v) is 3.03. The zero-order chi connectivity index (χ0) is 23.5. The van der Waals surface area contributed by atoms with Gasteiger partial charge in [-0.25, -0.2) is 5.43 Å². The van der Waals surface area contributed by atoms with E-state index in [1.54, 1.807) is 30.5 Å². The number of carbonyl (C=O) groups is 1. The Kier molecular flexibility index (Phi) is 8.91. The molecular weight excluding hydrogens is 440 g/mol. The van der Waals surface area contributed by atoms with Crippen LogP contribution in [0.5, 0.6) is 17.2 Å². The van der Waals surface area contributed by atoms with Gasteiger partial charge in [0, 0.05) is 16.1 Å². The predicted molar refractivity (Wildman–Crippen MR) is 131 cm³/mol. The molecule has 0 atom stereocenters. The smallest absolute Gasteiger partial charge is 0.271 e. The molecule has 0 bridgehead atoms. The van der Waals surface area contributed by atoms with Gasteiger partial charge in [-0.2, -0.15) is 5.10 Å². The number of benzene rings is 3. The van der Waals surface area contributed by atoms with Crippen molar-refractivity contribution in [3.8, 4) is 17.2 Å². The van der Waals surface area contributed by atoms with E-state index < -0.39 is 0 Å². The molecule has 1 N–H and O–H groups in total. The SMILES string of the molecule is C=CCOc1ccc(C(=O)N/N=C/c2ccc(OCc3ccccc3Cl)cc2)cc1OCC. The lowest BCUT2D eigenvalue weighted by Crippen LogP contribution is -2.17. The fraction of sp³-hybridized carbons (Fsp3) is 0.154. The Morgan fingerprint density at radius 2 is 1.82 bits per heavy atom. The summed E-state index contributed by atoms with van der Waals surface area (Å²) in [5, 5.41) is 4.70. The highest BCUT2D eigenvalue weighted by atomic mass is 35.5. The molecule has 0 unspecified atom stereocenters. The Bertz CT molecular complexity index is 1110. The molecule has 0 radical (unpaired) electrons. The second-order valence-corrected chi connectivity index (χ2v) is 7.25. The normalized spacial score (nSPS) is 10.6. The first kappa shape index (κ1) is 23.9. The third kappa shape index (κ3) is 7.12. The van der Waals surface area contributed by atoms with Crippen LogP contribution in [0.2, 0.25) is 5.02 Å². The number of nitrogens with zero attached hydrogens (tertiary/aromatic N) is 1. The van der Waals surface area contributed by atoms with E-state index in [1.165, 1.54) is 0 Å². The van der Waals surface area contributed by atoms with Gasteiger partial charge in [0.1, 0.15) is 19.0 Å². The van der Waals surface area contributed by atoms with Crippen molar-refractivity contribution in [1.82, 2.24) is 5.43 Å². The molecule has 7 heteroatoms. The Hall–Kier alpha value is -3.77. The summed E-state index contributed by atoms with van der Waals surface area (Å²) < 4.78 is 16.9. The predicted octanol–water partition coefficient (Wildman–Crippen LogP) is 5.65. The standard InChI is InChI=1S/C26H25ClN2O4/c1-3-15-32-24-14-11-20(16-25(24)31-4-2)26(30)29-28-17-19-9-12-22(13-10-19)33-18-21-7-5-6-8-23(21)27/h3,5-14,16-17H,1,4,15,18H2,2H3,(H,29,30)/b28-17+. The maximum atomic E-state index is 12.5. The molecule has 33 heavy (non-hydrogen) atoms. The molecule has 0 saturated carbocycles. The lowest BCUT2D eigenvalue weighted by Gasteiger charge is -2.12. The van der Waals surface area contributed by atoms with E-state index >= 15 is 0 Å². The quantitative estimate of drug-likeness (QED) is 0.226. The van der Waals surface area contributed by atoms with Crippen LogP contribution in [0, 0.1) is 0 Å². The molecule has 0 aliphatic carbocycles. The summed E-state index contributed by atoms with van der Waals surface area (Å²) >= 11 is 6.15. The molecule has 0 aliphatic rings. The van der Waals surface area contributed by atoms with Crippen LogP contribution >= 0.6 is 11.6 Å². The molecule has 3 aromatic carbocycles. The number of amides is 1. The van der Waals surface area contributed by atoms with Gasteiger partial charge in [0.2, 0.25) is 0 Å². The lowest BCUT2D eigenvalue weighted by molar-refractivity contribution is 0.0954. The summed E-state index contributed by atoms with van der Waals surface area (Å²) in [6.07, 6.45) is 3.20. The molecule has 1 amide bonds. The van der Waals surface area contributed by atoms with Crippen molar-refractivity contribution in [2.45, 2.75) is 13.5 Å². The van der Waals surface area contributed by atoms with Crippen molar-refractivity contribution in [2.24, 2.45) is 5.10 Å². The molecule has 3 aromatic rings. The van der Waals surface area contributed by atoms with Gasteiger partial charge in [-0.3, -0.25) is 4.79 Å². The Morgan fingerprint density at radius 3 is 2.55 bits per heavy atom. The highest BCUT2D eigenvalue weighted by Gasteiger charge is 2.11. The Labute approximate surface area is 198 Å². The van der Waals surface area contributed by atoms with E-state index in [9.17, 15) is 4.79 Å². The van der Waals surface area contributed by atoms with Gasteiger partial charge >= 0.3 is 0 Å². The monoisotopic (exact) mass is 464 g/mol. The largest absolute Gasteiger partial charge is 0.490 e. The van der Waals surface area contributed by atoms with Crippen LogP contribution in [0.4, 0.5) is 0 Å². The minimum Gasteiger partial charge on any atom is -0.490 e. The van der Waals surface area contributed by atoms with Crippen molar-refractivity contribution in [3.63, 3.8) is 0 Å². The first-order valence-corrected chi connectivity index (χ1v) is 10.8. The molecule has 6 nitrogen and oxygen atoms in total. The van der Waals surface area contributed by atoms with Crippen molar-refractivity contribution in [1.29, 1.82) is 0 Å². The number of carbonyl (C=O) groups excluding carboxylic acids is 1. The topological polar surface area (TPSA) is 69.2 Å². The maximum Gasteiger partial charge on any atom is 0.271 e. The number of nitrogens with one attached hydrogen (secondary N) is 1. The second kappa shape index (κ2) is 12.3. The number of hydrogen-bond donors (Lipinski definition) is 1. The van der Waals surface area contributed by atoms with E-state index in [0.29, 0.717) is 47.7 Å². The summed E-state index contributed by atoms with van der Waals surface area (Å²) in [7, 11) is 0. The number of halogens is 1. The summed E-state index contributed by atoms with van der Waals surface area (Å²) in [6, 6.07) is 19.9. The second-order valence-electron chi connectivity index (χ2n) is 6.84. The molecule has 0 aromatic heterocycles. The van der Waals surface area contributed by atoms with Crippen LogP contribution in [-0.2, 0) is 6.61 Å². The Balaban J connectivity index is 1.56. The molecule has 0 spiro atoms. The number of hydrazone groups is 1. The van der Waals surface area contributed by atoms with Crippen molar-refractivity contribution in [2.75, 3.05) is 13.2 Å².